The predicted molar refractivity (Wildman–Crippen MR) is 123 cm³/mol. The van der Waals surface area contributed by atoms with E-state index in [4.69, 9.17) is 0 Å². The number of para-hydroxylation sites is 1. The first-order chi connectivity index (χ1) is 15.0. The van der Waals surface area contributed by atoms with Gasteiger partial charge in [-0.2, -0.15) is 4.39 Å². The first-order valence-corrected chi connectivity index (χ1v) is 10.5. The Morgan fingerprint density at radius 1 is 0.742 bits per heavy atom. The average Bonchev–Trinajstić information content (AvgIpc) is 3.10. The zero-order valence-corrected chi connectivity index (χ0v) is 17.8. The molecule has 5 rings (SSSR count). The van der Waals surface area contributed by atoms with Crippen molar-refractivity contribution >= 4 is 49.3 Å². The fraction of sp³-hybridized carbons (Fsp3) is 0. The number of ketones is 1. The summed E-state index contributed by atoms with van der Waals surface area (Å²) in [5.41, 5.74) is 0.956. The Morgan fingerprint density at radius 2 is 1.39 bits per heavy atom. The highest BCUT2D eigenvalue weighted by Crippen LogP contribution is 2.29. The van der Waals surface area contributed by atoms with E-state index in [1.807, 2.05) is 30.3 Å². The van der Waals surface area contributed by atoms with E-state index in [9.17, 15) is 9.59 Å². The molecule has 0 radical (unpaired) electrons. The monoisotopic (exact) mass is 471 g/mol. The molecule has 1 heterocycles. The fourth-order valence-electron chi connectivity index (χ4n) is 3.82. The number of rotatable bonds is 3. The van der Waals surface area contributed by atoms with Crippen molar-refractivity contribution in [3.05, 3.63) is 118 Å². The summed E-state index contributed by atoms with van der Waals surface area (Å²) in [5.74, 6) is -1.84. The van der Waals surface area contributed by atoms with Gasteiger partial charge in [0.15, 0.2) is 5.78 Å². The fourth-order valence-corrected chi connectivity index (χ4v) is 4.08. The van der Waals surface area contributed by atoms with Gasteiger partial charge in [-0.05, 0) is 47.2 Å². The van der Waals surface area contributed by atoms with Crippen molar-refractivity contribution in [3.63, 3.8) is 0 Å². The molecule has 1 aromatic heterocycles. The number of hydrogen-bond acceptors (Lipinski definition) is 2. The number of carbonyl (C=O) groups is 2. The Bertz CT molecular complexity index is 1490. The molecular formula is C26H15BrFNO2. The van der Waals surface area contributed by atoms with Crippen LogP contribution in [0, 0.1) is 5.95 Å². The Morgan fingerprint density at radius 3 is 2.16 bits per heavy atom. The van der Waals surface area contributed by atoms with Crippen LogP contribution >= 0.6 is 15.9 Å². The molecule has 0 aliphatic rings. The molecule has 31 heavy (non-hydrogen) atoms. The van der Waals surface area contributed by atoms with Crippen molar-refractivity contribution in [1.29, 1.82) is 0 Å². The number of fused-ring (bicyclic) bond motifs is 2. The van der Waals surface area contributed by atoms with Gasteiger partial charge in [-0.1, -0.05) is 70.5 Å². The maximum Gasteiger partial charge on any atom is 0.264 e. The largest absolute Gasteiger partial charge is 0.288 e. The van der Waals surface area contributed by atoms with Crippen LogP contribution in [0.25, 0.3) is 21.7 Å². The van der Waals surface area contributed by atoms with Crippen LogP contribution in [0.2, 0.25) is 0 Å². The van der Waals surface area contributed by atoms with Gasteiger partial charge in [-0.3, -0.25) is 14.2 Å². The van der Waals surface area contributed by atoms with E-state index in [-0.39, 0.29) is 5.56 Å². The van der Waals surface area contributed by atoms with Crippen LogP contribution < -0.4 is 0 Å². The Labute approximate surface area is 185 Å². The quantitative estimate of drug-likeness (QED) is 0.277. The first-order valence-electron chi connectivity index (χ1n) is 9.67. The van der Waals surface area contributed by atoms with Crippen LogP contribution in [-0.2, 0) is 0 Å². The lowest BCUT2D eigenvalue weighted by atomic mass is 9.99. The molecule has 0 bridgehead atoms. The summed E-state index contributed by atoms with van der Waals surface area (Å²) in [7, 11) is 0. The molecule has 0 aliphatic heterocycles. The predicted octanol–water partition coefficient (Wildman–Crippen LogP) is 6.62. The molecular weight excluding hydrogens is 457 g/mol. The number of aromatic nitrogens is 1. The van der Waals surface area contributed by atoms with Crippen molar-refractivity contribution in [2.24, 2.45) is 0 Å². The Balaban J connectivity index is 1.68. The molecule has 4 aromatic carbocycles. The molecule has 0 aliphatic carbocycles. The molecule has 3 nitrogen and oxygen atoms in total. The second kappa shape index (κ2) is 7.60. The van der Waals surface area contributed by atoms with E-state index in [1.165, 1.54) is 0 Å². The van der Waals surface area contributed by atoms with E-state index < -0.39 is 17.6 Å². The Kier molecular flexibility index (Phi) is 4.75. The second-order valence-corrected chi connectivity index (χ2v) is 8.14. The third kappa shape index (κ3) is 3.27. The summed E-state index contributed by atoms with van der Waals surface area (Å²) in [6.07, 6.45) is 0. The molecule has 5 aromatic rings. The van der Waals surface area contributed by atoms with E-state index in [1.54, 1.807) is 60.7 Å². The molecule has 0 saturated heterocycles. The average molecular weight is 472 g/mol. The lowest BCUT2D eigenvalue weighted by Gasteiger charge is -2.06. The van der Waals surface area contributed by atoms with Gasteiger partial charge in [0.05, 0.1) is 11.1 Å². The zero-order chi connectivity index (χ0) is 21.5. The van der Waals surface area contributed by atoms with Crippen molar-refractivity contribution in [2.75, 3.05) is 0 Å². The van der Waals surface area contributed by atoms with Crippen LogP contribution in [0.1, 0.15) is 26.3 Å². The molecule has 0 atom stereocenters. The van der Waals surface area contributed by atoms with Gasteiger partial charge >= 0.3 is 0 Å². The van der Waals surface area contributed by atoms with Crippen molar-refractivity contribution in [3.8, 4) is 0 Å². The second-order valence-electron chi connectivity index (χ2n) is 7.22. The maximum atomic E-state index is 15.7. The molecule has 0 saturated carbocycles. The number of carbonyl (C=O) groups excluding carboxylic acids is 2. The van der Waals surface area contributed by atoms with Gasteiger partial charge in [0.25, 0.3) is 5.91 Å². The maximum absolute atomic E-state index is 15.7. The number of halogens is 2. The topological polar surface area (TPSA) is 39.1 Å². The standard InChI is InChI=1S/C26H15BrFNO2/c27-20-13-11-17(12-14-20)26(31)29-22-8-4-3-7-21(22)23(25(29)28)24(30)19-10-9-16-5-1-2-6-18(16)15-19/h1-15H. The van der Waals surface area contributed by atoms with E-state index >= 15 is 4.39 Å². The highest BCUT2D eigenvalue weighted by molar-refractivity contribution is 9.10. The number of benzene rings is 4. The Hall–Kier alpha value is -3.57. The molecule has 0 fully saturated rings. The summed E-state index contributed by atoms with van der Waals surface area (Å²) in [5, 5.41) is 2.29. The minimum Gasteiger partial charge on any atom is -0.288 e. The highest BCUT2D eigenvalue weighted by atomic mass is 79.9. The van der Waals surface area contributed by atoms with Crippen molar-refractivity contribution in [2.45, 2.75) is 0 Å². The van der Waals surface area contributed by atoms with E-state index in [0.717, 1.165) is 19.8 Å². The SMILES string of the molecule is O=C(c1ccc2ccccc2c1)c1c(F)n(C(=O)c2ccc(Br)cc2)c2ccccc12. The van der Waals surface area contributed by atoms with E-state index in [2.05, 4.69) is 15.9 Å². The van der Waals surface area contributed by atoms with E-state index in [0.29, 0.717) is 22.0 Å². The molecule has 0 unspecified atom stereocenters. The molecule has 5 heteroatoms. The number of nitrogens with zero attached hydrogens (tertiary/aromatic N) is 1. The van der Waals surface area contributed by atoms with Gasteiger partial charge in [0, 0.05) is 21.0 Å². The minimum absolute atomic E-state index is 0.101. The van der Waals surface area contributed by atoms with Gasteiger partial charge in [-0.25, -0.2) is 0 Å². The summed E-state index contributed by atoms with van der Waals surface area (Å²) in [6.45, 7) is 0. The number of hydrogen-bond donors (Lipinski definition) is 0. The van der Waals surface area contributed by atoms with Crippen LogP contribution in [0.4, 0.5) is 4.39 Å². The van der Waals surface area contributed by atoms with Crippen LogP contribution in [0.3, 0.4) is 0 Å². The molecule has 150 valence electrons. The zero-order valence-electron chi connectivity index (χ0n) is 16.2. The third-order valence-corrected chi connectivity index (χ3v) is 5.88. The smallest absolute Gasteiger partial charge is 0.264 e. The normalized spacial score (nSPS) is 11.2. The summed E-state index contributed by atoms with van der Waals surface area (Å²) in [6, 6.07) is 26.4. The van der Waals surface area contributed by atoms with Crippen molar-refractivity contribution in [1.82, 2.24) is 4.57 Å². The highest BCUT2D eigenvalue weighted by Gasteiger charge is 2.27. The van der Waals surface area contributed by atoms with Crippen molar-refractivity contribution < 1.29 is 14.0 Å². The van der Waals surface area contributed by atoms with Gasteiger partial charge in [0.2, 0.25) is 5.95 Å². The van der Waals surface area contributed by atoms with Gasteiger partial charge in [-0.15, -0.1) is 0 Å². The van der Waals surface area contributed by atoms with Crippen LogP contribution in [-0.4, -0.2) is 16.3 Å². The lowest BCUT2D eigenvalue weighted by molar-refractivity contribution is 0.0952. The molecule has 0 spiro atoms. The lowest BCUT2D eigenvalue weighted by Crippen LogP contribution is -2.15. The van der Waals surface area contributed by atoms with Crippen LogP contribution in [0.15, 0.2) is 95.5 Å². The molecule has 0 N–H and O–H groups in total. The summed E-state index contributed by atoms with van der Waals surface area (Å²) in [4.78, 5) is 26.5. The summed E-state index contributed by atoms with van der Waals surface area (Å²) < 4.78 is 17.5. The first kappa shape index (κ1) is 19.4. The summed E-state index contributed by atoms with van der Waals surface area (Å²) >= 11 is 3.33. The minimum atomic E-state index is -0.854. The van der Waals surface area contributed by atoms with Gasteiger partial charge in [0.1, 0.15) is 0 Å². The molecule has 0 amide bonds. The third-order valence-electron chi connectivity index (χ3n) is 5.35. The van der Waals surface area contributed by atoms with Crippen LogP contribution in [0.5, 0.6) is 0 Å². The van der Waals surface area contributed by atoms with Gasteiger partial charge < -0.3 is 0 Å².